The molecule has 1 N–H and O–H groups in total. The van der Waals surface area contributed by atoms with E-state index in [2.05, 4.69) is 4.72 Å². The molecule has 1 aromatic rings. The Kier molecular flexibility index (Phi) is 5.28. The zero-order chi connectivity index (χ0) is 13.2. The smallest absolute Gasteiger partial charge is 0.208 e. The van der Waals surface area contributed by atoms with Gasteiger partial charge in [-0.05, 0) is 38.8 Å². The molecular formula is C10H15Cl2NO2S2. The van der Waals surface area contributed by atoms with Crippen molar-refractivity contribution in [2.45, 2.75) is 42.8 Å². The molecule has 0 amide bonds. The third-order valence-corrected chi connectivity index (χ3v) is 5.93. The van der Waals surface area contributed by atoms with E-state index in [-0.39, 0.29) is 15.6 Å². The van der Waals surface area contributed by atoms with E-state index in [1.165, 1.54) is 0 Å². The summed E-state index contributed by atoms with van der Waals surface area (Å²) in [7, 11) is -3.48. The second-order valence-electron chi connectivity index (χ2n) is 4.06. The first kappa shape index (κ1) is 15.2. The first-order valence-corrected chi connectivity index (χ1v) is 8.26. The van der Waals surface area contributed by atoms with E-state index in [4.69, 9.17) is 23.2 Å². The van der Waals surface area contributed by atoms with Crippen LogP contribution < -0.4 is 4.72 Å². The lowest BCUT2D eigenvalue weighted by molar-refractivity contribution is 0.547. The molecule has 0 aliphatic heterocycles. The molecule has 0 aliphatic carbocycles. The zero-order valence-corrected chi connectivity index (χ0v) is 13.0. The Balaban J connectivity index is 2.82. The maximum Gasteiger partial charge on any atom is 0.250 e. The molecular weight excluding hydrogens is 301 g/mol. The standard InChI is InChI=1S/C10H15Cl2NO2S2/c1-6-4-9(16-10(6)12)17(14,15)13-8(3)5-7(2)11/h4,7-8,13H,5H2,1-3H3. The Hall–Kier alpha value is 0.190. The van der Waals surface area contributed by atoms with Crippen molar-refractivity contribution in [3.63, 3.8) is 0 Å². The third-order valence-electron chi connectivity index (χ3n) is 2.13. The van der Waals surface area contributed by atoms with Crippen LogP contribution in [-0.2, 0) is 10.0 Å². The first-order chi connectivity index (χ1) is 7.72. The molecule has 98 valence electrons. The molecule has 0 saturated carbocycles. The molecule has 0 saturated heterocycles. The summed E-state index contributed by atoms with van der Waals surface area (Å²) in [4.78, 5) is 0. The van der Waals surface area contributed by atoms with Crippen molar-refractivity contribution in [2.75, 3.05) is 0 Å². The molecule has 0 aromatic carbocycles. The van der Waals surface area contributed by atoms with Crippen LogP contribution in [0.15, 0.2) is 10.3 Å². The van der Waals surface area contributed by atoms with Gasteiger partial charge in [0.25, 0.3) is 0 Å². The Morgan fingerprint density at radius 1 is 1.47 bits per heavy atom. The lowest BCUT2D eigenvalue weighted by atomic mass is 10.2. The number of sulfonamides is 1. The van der Waals surface area contributed by atoms with E-state index in [0.717, 1.165) is 16.9 Å². The fourth-order valence-electron chi connectivity index (χ4n) is 1.42. The average Bonchev–Trinajstić information content (AvgIpc) is 2.44. The number of alkyl halides is 1. The minimum Gasteiger partial charge on any atom is -0.208 e. The zero-order valence-electron chi connectivity index (χ0n) is 9.83. The van der Waals surface area contributed by atoms with Gasteiger partial charge in [0.1, 0.15) is 4.21 Å². The topological polar surface area (TPSA) is 46.2 Å². The van der Waals surface area contributed by atoms with Gasteiger partial charge in [-0.3, -0.25) is 0 Å². The molecule has 1 heterocycles. The number of halogens is 2. The van der Waals surface area contributed by atoms with E-state index in [1.54, 1.807) is 19.9 Å². The maximum atomic E-state index is 12.0. The highest BCUT2D eigenvalue weighted by molar-refractivity contribution is 7.91. The van der Waals surface area contributed by atoms with Crippen LogP contribution in [0.4, 0.5) is 0 Å². The number of thiophene rings is 1. The first-order valence-electron chi connectivity index (χ1n) is 5.14. The lowest BCUT2D eigenvalue weighted by Crippen LogP contribution is -2.33. The van der Waals surface area contributed by atoms with Crippen LogP contribution in [0.2, 0.25) is 4.34 Å². The lowest BCUT2D eigenvalue weighted by Gasteiger charge is -2.14. The van der Waals surface area contributed by atoms with E-state index in [0.29, 0.717) is 10.8 Å². The van der Waals surface area contributed by atoms with Crippen LogP contribution in [0.25, 0.3) is 0 Å². The van der Waals surface area contributed by atoms with Crippen molar-refractivity contribution in [3.05, 3.63) is 16.0 Å². The summed E-state index contributed by atoms with van der Waals surface area (Å²) < 4.78 is 27.3. The van der Waals surface area contributed by atoms with Crippen LogP contribution in [0.3, 0.4) is 0 Å². The second-order valence-corrected chi connectivity index (χ2v) is 8.40. The van der Waals surface area contributed by atoms with Gasteiger partial charge in [0.2, 0.25) is 10.0 Å². The van der Waals surface area contributed by atoms with Gasteiger partial charge >= 0.3 is 0 Å². The van der Waals surface area contributed by atoms with Crippen LogP contribution >= 0.6 is 34.5 Å². The molecule has 0 spiro atoms. The second kappa shape index (κ2) is 5.89. The quantitative estimate of drug-likeness (QED) is 0.846. The van der Waals surface area contributed by atoms with Gasteiger partial charge in [0.05, 0.1) is 4.34 Å². The monoisotopic (exact) mass is 315 g/mol. The molecule has 2 unspecified atom stereocenters. The molecule has 0 fully saturated rings. The van der Waals surface area contributed by atoms with Crippen LogP contribution in [0, 0.1) is 6.92 Å². The molecule has 7 heteroatoms. The predicted octanol–water partition coefficient (Wildman–Crippen LogP) is 3.39. The van der Waals surface area contributed by atoms with Gasteiger partial charge in [-0.15, -0.1) is 22.9 Å². The SMILES string of the molecule is Cc1cc(S(=O)(=O)NC(C)CC(C)Cl)sc1Cl. The summed E-state index contributed by atoms with van der Waals surface area (Å²) >= 11 is 12.7. The normalized spacial score (nSPS) is 15.8. The Labute approximate surface area is 116 Å². The van der Waals surface area contributed by atoms with E-state index in [1.807, 2.05) is 6.92 Å². The van der Waals surface area contributed by atoms with Crippen molar-refractivity contribution in [1.29, 1.82) is 0 Å². The number of hydrogen-bond donors (Lipinski definition) is 1. The van der Waals surface area contributed by atoms with Gasteiger partial charge in [-0.25, -0.2) is 13.1 Å². The van der Waals surface area contributed by atoms with Gasteiger partial charge in [-0.1, -0.05) is 11.6 Å². The van der Waals surface area contributed by atoms with Crippen LogP contribution in [0.1, 0.15) is 25.8 Å². The fraction of sp³-hybridized carbons (Fsp3) is 0.600. The highest BCUT2D eigenvalue weighted by Crippen LogP contribution is 2.30. The van der Waals surface area contributed by atoms with Crippen molar-refractivity contribution in [2.24, 2.45) is 0 Å². The van der Waals surface area contributed by atoms with Gasteiger partial charge in [0.15, 0.2) is 0 Å². The number of hydrogen-bond acceptors (Lipinski definition) is 3. The summed E-state index contributed by atoms with van der Waals surface area (Å²) in [5, 5.41) is -0.0682. The van der Waals surface area contributed by atoms with Crippen molar-refractivity contribution in [1.82, 2.24) is 4.72 Å². The summed E-state index contributed by atoms with van der Waals surface area (Å²) in [5.74, 6) is 0. The summed E-state index contributed by atoms with van der Waals surface area (Å²) in [6.07, 6.45) is 0.582. The van der Waals surface area contributed by atoms with E-state index in [9.17, 15) is 8.42 Å². The molecule has 0 bridgehead atoms. The molecule has 1 rings (SSSR count). The van der Waals surface area contributed by atoms with Gasteiger partial charge in [-0.2, -0.15) is 0 Å². The molecule has 3 nitrogen and oxygen atoms in total. The van der Waals surface area contributed by atoms with Crippen LogP contribution in [-0.4, -0.2) is 19.8 Å². The number of aryl methyl sites for hydroxylation is 1. The fourth-order valence-corrected chi connectivity index (χ4v) is 4.67. The van der Waals surface area contributed by atoms with Crippen molar-refractivity contribution < 1.29 is 8.42 Å². The minimum atomic E-state index is -3.48. The number of rotatable bonds is 5. The molecule has 1 aromatic heterocycles. The van der Waals surface area contributed by atoms with Gasteiger partial charge < -0.3 is 0 Å². The molecule has 2 atom stereocenters. The van der Waals surface area contributed by atoms with Crippen LogP contribution in [0.5, 0.6) is 0 Å². The van der Waals surface area contributed by atoms with E-state index < -0.39 is 10.0 Å². The average molecular weight is 316 g/mol. The highest BCUT2D eigenvalue weighted by atomic mass is 35.5. The molecule has 17 heavy (non-hydrogen) atoms. The largest absolute Gasteiger partial charge is 0.250 e. The Morgan fingerprint density at radius 2 is 2.06 bits per heavy atom. The summed E-state index contributed by atoms with van der Waals surface area (Å²) in [5.41, 5.74) is 0.774. The molecule has 0 aliphatic rings. The van der Waals surface area contributed by atoms with E-state index >= 15 is 0 Å². The summed E-state index contributed by atoms with van der Waals surface area (Å²) in [6.45, 7) is 5.40. The van der Waals surface area contributed by atoms with Gasteiger partial charge in [0, 0.05) is 11.4 Å². The van der Waals surface area contributed by atoms with Crippen molar-refractivity contribution in [3.8, 4) is 0 Å². The minimum absolute atomic E-state index is 0.0682. The Bertz CT molecular complexity index is 463. The maximum absolute atomic E-state index is 12.0. The summed E-state index contributed by atoms with van der Waals surface area (Å²) in [6, 6.07) is 1.38. The predicted molar refractivity (Wildman–Crippen MR) is 73.8 cm³/mol. The third kappa shape index (κ3) is 4.41. The van der Waals surface area contributed by atoms with Crippen molar-refractivity contribution >= 4 is 44.6 Å². The Morgan fingerprint density at radius 3 is 2.47 bits per heavy atom. The highest BCUT2D eigenvalue weighted by Gasteiger charge is 2.21. The molecule has 0 radical (unpaired) electrons. The number of nitrogens with one attached hydrogen (secondary N) is 1.